The van der Waals surface area contributed by atoms with E-state index in [1.54, 1.807) is 6.20 Å². The summed E-state index contributed by atoms with van der Waals surface area (Å²) < 4.78 is 0. The second-order valence-electron chi connectivity index (χ2n) is 8.80. The number of anilines is 2. The molecule has 0 aliphatic heterocycles. The second-order valence-corrected chi connectivity index (χ2v) is 9.21. The fourth-order valence-corrected chi connectivity index (χ4v) is 5.10. The summed E-state index contributed by atoms with van der Waals surface area (Å²) in [6.07, 6.45) is 8.42. The Morgan fingerprint density at radius 3 is 2.91 bits per heavy atom. The highest BCUT2D eigenvalue weighted by Gasteiger charge is 2.35. The van der Waals surface area contributed by atoms with E-state index in [9.17, 15) is 10.4 Å². The number of halogens is 1. The zero-order chi connectivity index (χ0) is 22.5. The predicted octanol–water partition coefficient (Wildman–Crippen LogP) is 5.49. The largest absolute Gasteiger partial charge is 0.395 e. The SMILES string of the molecule is Cc1c(Nc2nccc(-c3cc(C#N)c4c(c3)C(C)(CO)CC4)n2)cc(Cl)c2c1C=CC2. The van der Waals surface area contributed by atoms with Gasteiger partial charge in [0, 0.05) is 27.9 Å². The molecule has 6 heteroatoms. The van der Waals surface area contributed by atoms with Crippen molar-refractivity contribution >= 4 is 29.3 Å². The number of nitrogens with one attached hydrogen (secondary N) is 1. The van der Waals surface area contributed by atoms with Crippen molar-refractivity contribution in [2.45, 2.75) is 38.5 Å². The van der Waals surface area contributed by atoms with E-state index >= 15 is 0 Å². The Hall–Kier alpha value is -3.20. The van der Waals surface area contributed by atoms with Gasteiger partial charge in [0.2, 0.25) is 5.95 Å². The van der Waals surface area contributed by atoms with Crippen molar-refractivity contribution in [3.63, 3.8) is 0 Å². The minimum atomic E-state index is -0.336. The summed E-state index contributed by atoms with van der Waals surface area (Å²) in [6, 6.07) is 10.0. The lowest BCUT2D eigenvalue weighted by Gasteiger charge is -2.23. The lowest BCUT2D eigenvalue weighted by molar-refractivity contribution is 0.206. The van der Waals surface area contributed by atoms with Crippen molar-refractivity contribution in [3.05, 3.63) is 74.9 Å². The molecule has 0 radical (unpaired) electrons. The van der Waals surface area contributed by atoms with Crippen LogP contribution in [-0.2, 0) is 18.3 Å². The van der Waals surface area contributed by atoms with E-state index in [1.807, 2.05) is 25.1 Å². The number of rotatable bonds is 4. The highest BCUT2D eigenvalue weighted by molar-refractivity contribution is 6.32. The molecule has 1 heterocycles. The Bertz CT molecular complexity index is 1320. The highest BCUT2D eigenvalue weighted by Crippen LogP contribution is 2.42. The Labute approximate surface area is 192 Å². The van der Waals surface area contributed by atoms with Crippen molar-refractivity contribution in [3.8, 4) is 17.3 Å². The maximum absolute atomic E-state index is 9.99. The minimum Gasteiger partial charge on any atom is -0.395 e. The molecule has 0 bridgehead atoms. The van der Waals surface area contributed by atoms with Gasteiger partial charge in [-0.25, -0.2) is 9.97 Å². The number of aliphatic hydroxyl groups excluding tert-OH is 1. The summed E-state index contributed by atoms with van der Waals surface area (Å²) in [4.78, 5) is 9.12. The fourth-order valence-electron chi connectivity index (χ4n) is 4.81. The second kappa shape index (κ2) is 7.74. The molecule has 1 atom stereocenters. The van der Waals surface area contributed by atoms with Gasteiger partial charge in [0.15, 0.2) is 0 Å². The van der Waals surface area contributed by atoms with Gasteiger partial charge < -0.3 is 10.4 Å². The third-order valence-corrected chi connectivity index (χ3v) is 7.13. The molecule has 1 aromatic heterocycles. The first-order valence-electron chi connectivity index (χ1n) is 10.7. The lowest BCUT2D eigenvalue weighted by atomic mass is 9.83. The molecule has 5 rings (SSSR count). The lowest BCUT2D eigenvalue weighted by Crippen LogP contribution is -2.23. The van der Waals surface area contributed by atoms with E-state index in [0.29, 0.717) is 11.5 Å². The van der Waals surface area contributed by atoms with Crippen LogP contribution in [0.1, 0.15) is 46.7 Å². The average Bonchev–Trinajstić information content (AvgIpc) is 3.43. The van der Waals surface area contributed by atoms with Crippen LogP contribution in [0.2, 0.25) is 5.02 Å². The predicted molar refractivity (Wildman–Crippen MR) is 127 cm³/mol. The molecular weight excluding hydrogens is 420 g/mol. The minimum absolute atomic E-state index is 0.0533. The van der Waals surface area contributed by atoms with Gasteiger partial charge in [0.05, 0.1) is 23.9 Å². The Kier molecular flexibility index (Phi) is 5.00. The van der Waals surface area contributed by atoms with E-state index in [2.05, 4.69) is 41.5 Å². The van der Waals surface area contributed by atoms with Crippen molar-refractivity contribution in [1.29, 1.82) is 5.26 Å². The van der Waals surface area contributed by atoms with Crippen LogP contribution in [0.5, 0.6) is 0 Å². The molecule has 3 aromatic rings. The van der Waals surface area contributed by atoms with Gasteiger partial charge in [-0.2, -0.15) is 5.26 Å². The first-order chi connectivity index (χ1) is 15.4. The van der Waals surface area contributed by atoms with E-state index in [0.717, 1.165) is 69.0 Å². The Morgan fingerprint density at radius 1 is 1.28 bits per heavy atom. The third-order valence-electron chi connectivity index (χ3n) is 6.79. The van der Waals surface area contributed by atoms with Gasteiger partial charge >= 0.3 is 0 Å². The highest BCUT2D eigenvalue weighted by atomic mass is 35.5. The molecule has 2 aromatic carbocycles. The summed E-state index contributed by atoms with van der Waals surface area (Å²) in [5.74, 6) is 0.465. The number of fused-ring (bicyclic) bond motifs is 2. The maximum Gasteiger partial charge on any atom is 0.227 e. The Balaban J connectivity index is 1.54. The van der Waals surface area contributed by atoms with Crippen molar-refractivity contribution < 1.29 is 5.11 Å². The van der Waals surface area contributed by atoms with Gasteiger partial charge in [-0.1, -0.05) is 30.7 Å². The topological polar surface area (TPSA) is 81.8 Å². The van der Waals surface area contributed by atoms with Gasteiger partial charge in [0.1, 0.15) is 0 Å². The van der Waals surface area contributed by atoms with E-state index < -0.39 is 0 Å². The van der Waals surface area contributed by atoms with Crippen LogP contribution >= 0.6 is 11.6 Å². The summed E-state index contributed by atoms with van der Waals surface area (Å²) in [6.45, 7) is 4.16. The molecule has 2 N–H and O–H groups in total. The molecule has 5 nitrogen and oxygen atoms in total. The van der Waals surface area contributed by atoms with Crippen LogP contribution in [0.25, 0.3) is 17.3 Å². The van der Waals surface area contributed by atoms with Crippen LogP contribution in [0.4, 0.5) is 11.6 Å². The standard InChI is InChI=1S/C26H23ClN4O/c1-15-18-4-3-5-20(18)22(27)12-24(15)31-25-29-9-7-23(30-25)16-10-17(13-28)19-6-8-26(2,14-32)21(19)11-16/h3-4,7,9-12,32H,5-6,8,14H2,1-2H3,(H,29,30,31). The molecule has 160 valence electrons. The normalized spacial score (nSPS) is 18.3. The Morgan fingerprint density at radius 2 is 2.12 bits per heavy atom. The quantitative estimate of drug-likeness (QED) is 0.558. The number of aromatic nitrogens is 2. The monoisotopic (exact) mass is 442 g/mol. The van der Waals surface area contributed by atoms with Crippen LogP contribution in [-0.4, -0.2) is 21.7 Å². The molecule has 32 heavy (non-hydrogen) atoms. The van der Waals surface area contributed by atoms with Crippen LogP contribution < -0.4 is 5.32 Å². The van der Waals surface area contributed by atoms with Gasteiger partial charge in [-0.15, -0.1) is 0 Å². The smallest absolute Gasteiger partial charge is 0.227 e. The molecule has 2 aliphatic carbocycles. The molecule has 0 fully saturated rings. The fraction of sp³-hybridized carbons (Fsp3) is 0.269. The number of hydrogen-bond donors (Lipinski definition) is 2. The molecule has 0 saturated carbocycles. The summed E-state index contributed by atoms with van der Waals surface area (Å²) in [5.41, 5.74) is 8.24. The first-order valence-corrected chi connectivity index (χ1v) is 11.1. The van der Waals surface area contributed by atoms with Crippen molar-refractivity contribution in [2.24, 2.45) is 0 Å². The zero-order valence-corrected chi connectivity index (χ0v) is 18.8. The number of allylic oxidation sites excluding steroid dienone is 1. The molecule has 2 aliphatic rings. The molecule has 0 spiro atoms. The molecule has 0 amide bonds. The third kappa shape index (κ3) is 3.28. The number of hydrogen-bond acceptors (Lipinski definition) is 5. The zero-order valence-electron chi connectivity index (χ0n) is 18.0. The van der Waals surface area contributed by atoms with E-state index in [1.165, 1.54) is 0 Å². The summed E-state index contributed by atoms with van der Waals surface area (Å²) in [5, 5.41) is 23.8. The first kappa shape index (κ1) is 20.7. The molecule has 1 unspecified atom stereocenters. The van der Waals surface area contributed by atoms with E-state index in [-0.39, 0.29) is 12.0 Å². The van der Waals surface area contributed by atoms with Crippen molar-refractivity contribution in [2.75, 3.05) is 11.9 Å². The van der Waals surface area contributed by atoms with Gasteiger partial charge in [-0.3, -0.25) is 0 Å². The van der Waals surface area contributed by atoms with Gasteiger partial charge in [-0.05, 0) is 78.3 Å². The van der Waals surface area contributed by atoms with Gasteiger partial charge in [0.25, 0.3) is 0 Å². The van der Waals surface area contributed by atoms with Crippen LogP contribution in [0.3, 0.4) is 0 Å². The molecular formula is C26H23ClN4O. The number of nitriles is 1. The molecule has 0 saturated heterocycles. The number of benzene rings is 2. The number of aliphatic hydroxyl groups is 1. The number of nitrogens with zero attached hydrogens (tertiary/aromatic N) is 3. The van der Waals surface area contributed by atoms with E-state index in [4.69, 9.17) is 16.6 Å². The summed E-state index contributed by atoms with van der Waals surface area (Å²) in [7, 11) is 0. The average molecular weight is 443 g/mol. The van der Waals surface area contributed by atoms with Crippen molar-refractivity contribution in [1.82, 2.24) is 9.97 Å². The maximum atomic E-state index is 9.99. The summed E-state index contributed by atoms with van der Waals surface area (Å²) >= 11 is 6.50. The van der Waals surface area contributed by atoms with Crippen LogP contribution in [0, 0.1) is 18.3 Å². The van der Waals surface area contributed by atoms with Crippen LogP contribution in [0.15, 0.2) is 36.5 Å².